The Labute approximate surface area is 124 Å². The first-order chi connectivity index (χ1) is 10.0. The summed E-state index contributed by atoms with van der Waals surface area (Å²) < 4.78 is 5.36. The summed E-state index contributed by atoms with van der Waals surface area (Å²) in [5.74, 6) is 0.410. The van der Waals surface area contributed by atoms with Gasteiger partial charge in [0.25, 0.3) is 5.91 Å². The van der Waals surface area contributed by atoms with Gasteiger partial charge in [-0.25, -0.2) is 0 Å². The molecule has 0 radical (unpaired) electrons. The van der Waals surface area contributed by atoms with Crippen molar-refractivity contribution in [2.75, 3.05) is 17.7 Å². The number of benzene rings is 2. The van der Waals surface area contributed by atoms with Crippen LogP contribution in [0.3, 0.4) is 0 Å². The molecule has 0 saturated heterocycles. The molecule has 0 aromatic heterocycles. The van der Waals surface area contributed by atoms with E-state index in [1.807, 2.05) is 39.0 Å². The van der Waals surface area contributed by atoms with Crippen molar-refractivity contribution in [2.24, 2.45) is 0 Å². The molecule has 0 heterocycles. The third-order valence-electron chi connectivity index (χ3n) is 3.34. The van der Waals surface area contributed by atoms with E-state index in [-0.39, 0.29) is 5.91 Å². The molecule has 0 atom stereocenters. The second-order valence-electron chi connectivity index (χ2n) is 4.94. The molecule has 0 unspecified atom stereocenters. The van der Waals surface area contributed by atoms with Crippen LogP contribution in [0.4, 0.5) is 11.4 Å². The van der Waals surface area contributed by atoms with Crippen LogP contribution >= 0.6 is 0 Å². The average molecular weight is 284 g/mol. The van der Waals surface area contributed by atoms with Crippen LogP contribution < -0.4 is 15.8 Å². The average Bonchev–Trinajstić information content (AvgIpc) is 2.45. The Balaban J connectivity index is 2.16. The minimum atomic E-state index is -0.187. The Morgan fingerprint density at radius 1 is 1.14 bits per heavy atom. The summed E-state index contributed by atoms with van der Waals surface area (Å²) >= 11 is 0. The highest BCUT2D eigenvalue weighted by Gasteiger charge is 2.09. The molecule has 0 fully saturated rings. The molecule has 1 amide bonds. The molecule has 2 aromatic rings. The van der Waals surface area contributed by atoms with Crippen LogP contribution in [0.15, 0.2) is 36.4 Å². The second-order valence-corrected chi connectivity index (χ2v) is 4.94. The van der Waals surface area contributed by atoms with Gasteiger partial charge in [0.15, 0.2) is 0 Å². The topological polar surface area (TPSA) is 64.3 Å². The lowest BCUT2D eigenvalue weighted by molar-refractivity contribution is 0.102. The first-order valence-corrected chi connectivity index (χ1v) is 6.92. The van der Waals surface area contributed by atoms with Crippen molar-refractivity contribution in [3.63, 3.8) is 0 Å². The summed E-state index contributed by atoms with van der Waals surface area (Å²) in [6.07, 6.45) is 0. The van der Waals surface area contributed by atoms with Gasteiger partial charge in [0.1, 0.15) is 5.75 Å². The van der Waals surface area contributed by atoms with Crippen molar-refractivity contribution >= 4 is 17.3 Å². The van der Waals surface area contributed by atoms with Gasteiger partial charge in [0, 0.05) is 11.3 Å². The van der Waals surface area contributed by atoms with Crippen LogP contribution in [0.5, 0.6) is 5.75 Å². The largest absolute Gasteiger partial charge is 0.492 e. The van der Waals surface area contributed by atoms with E-state index in [0.717, 1.165) is 11.3 Å². The molecule has 21 heavy (non-hydrogen) atoms. The Morgan fingerprint density at radius 3 is 2.52 bits per heavy atom. The fourth-order valence-corrected chi connectivity index (χ4v) is 2.00. The predicted octanol–water partition coefficient (Wildman–Crippen LogP) is 3.54. The van der Waals surface area contributed by atoms with Gasteiger partial charge in [0.05, 0.1) is 12.3 Å². The second kappa shape index (κ2) is 6.31. The van der Waals surface area contributed by atoms with Crippen LogP contribution in [-0.4, -0.2) is 12.5 Å². The van der Waals surface area contributed by atoms with E-state index in [1.165, 1.54) is 5.56 Å². The van der Waals surface area contributed by atoms with Crippen LogP contribution in [0.2, 0.25) is 0 Å². The van der Waals surface area contributed by atoms with Crippen molar-refractivity contribution in [2.45, 2.75) is 20.8 Å². The number of carbonyl (C=O) groups excluding carboxylic acids is 1. The molecule has 0 bridgehead atoms. The van der Waals surface area contributed by atoms with E-state index < -0.39 is 0 Å². The van der Waals surface area contributed by atoms with E-state index >= 15 is 0 Å². The van der Waals surface area contributed by atoms with Crippen molar-refractivity contribution in [3.8, 4) is 5.75 Å². The summed E-state index contributed by atoms with van der Waals surface area (Å²) in [5, 5.41) is 2.87. The van der Waals surface area contributed by atoms with Gasteiger partial charge in [-0.15, -0.1) is 0 Å². The summed E-state index contributed by atoms with van der Waals surface area (Å²) in [5.41, 5.74) is 9.95. The van der Waals surface area contributed by atoms with Gasteiger partial charge in [-0.2, -0.15) is 0 Å². The van der Waals surface area contributed by atoms with E-state index in [0.29, 0.717) is 23.6 Å². The Bertz CT molecular complexity index is 666. The molecule has 2 rings (SSSR count). The zero-order chi connectivity index (χ0) is 15.4. The highest BCUT2D eigenvalue weighted by Crippen LogP contribution is 2.23. The van der Waals surface area contributed by atoms with E-state index in [9.17, 15) is 4.79 Å². The highest BCUT2D eigenvalue weighted by molar-refractivity contribution is 6.05. The standard InChI is InChI=1S/C17H20N2O2/c1-4-21-16-8-6-13(10-15(16)18)17(20)19-14-7-5-11(2)12(3)9-14/h5-10H,4,18H2,1-3H3,(H,19,20). The minimum absolute atomic E-state index is 0.187. The maximum absolute atomic E-state index is 12.2. The summed E-state index contributed by atoms with van der Waals surface area (Å²) in [6.45, 7) is 6.48. The van der Waals surface area contributed by atoms with Crippen LogP contribution in [0.1, 0.15) is 28.4 Å². The number of carbonyl (C=O) groups is 1. The van der Waals surface area contributed by atoms with Crippen LogP contribution in [0.25, 0.3) is 0 Å². The van der Waals surface area contributed by atoms with Gasteiger partial charge in [-0.1, -0.05) is 6.07 Å². The normalized spacial score (nSPS) is 10.2. The molecule has 0 aliphatic carbocycles. The van der Waals surface area contributed by atoms with E-state index in [2.05, 4.69) is 5.32 Å². The quantitative estimate of drug-likeness (QED) is 0.844. The SMILES string of the molecule is CCOc1ccc(C(=O)Nc2ccc(C)c(C)c2)cc1N. The lowest BCUT2D eigenvalue weighted by Gasteiger charge is -2.10. The maximum atomic E-state index is 12.2. The van der Waals surface area contributed by atoms with E-state index in [4.69, 9.17) is 10.5 Å². The van der Waals surface area contributed by atoms with Crippen molar-refractivity contribution in [3.05, 3.63) is 53.1 Å². The van der Waals surface area contributed by atoms with Gasteiger partial charge < -0.3 is 15.8 Å². The Kier molecular flexibility index (Phi) is 4.48. The molecule has 0 spiro atoms. The third kappa shape index (κ3) is 3.54. The molecule has 0 aliphatic rings. The molecule has 4 nitrogen and oxygen atoms in total. The zero-order valence-electron chi connectivity index (χ0n) is 12.6. The van der Waals surface area contributed by atoms with Crippen LogP contribution in [0, 0.1) is 13.8 Å². The van der Waals surface area contributed by atoms with Gasteiger partial charge in [-0.3, -0.25) is 4.79 Å². The summed E-state index contributed by atoms with van der Waals surface area (Å²) in [4.78, 5) is 12.2. The van der Waals surface area contributed by atoms with Gasteiger partial charge in [-0.05, 0) is 62.2 Å². The number of nitrogens with one attached hydrogen (secondary N) is 1. The molecule has 110 valence electrons. The summed E-state index contributed by atoms with van der Waals surface area (Å²) in [6, 6.07) is 10.9. The molecule has 2 aromatic carbocycles. The smallest absolute Gasteiger partial charge is 0.255 e. The van der Waals surface area contributed by atoms with Crippen molar-refractivity contribution in [1.29, 1.82) is 0 Å². The number of anilines is 2. The fourth-order valence-electron chi connectivity index (χ4n) is 2.00. The molecule has 4 heteroatoms. The minimum Gasteiger partial charge on any atom is -0.492 e. The highest BCUT2D eigenvalue weighted by atomic mass is 16.5. The van der Waals surface area contributed by atoms with Crippen LogP contribution in [-0.2, 0) is 0 Å². The first-order valence-electron chi connectivity index (χ1n) is 6.92. The number of rotatable bonds is 4. The fraction of sp³-hybridized carbons (Fsp3) is 0.235. The Morgan fingerprint density at radius 2 is 1.90 bits per heavy atom. The number of hydrogen-bond donors (Lipinski definition) is 2. The number of nitrogen functional groups attached to an aromatic ring is 1. The molecular formula is C17H20N2O2. The molecule has 0 saturated carbocycles. The predicted molar refractivity (Wildman–Crippen MR) is 85.9 cm³/mol. The lowest BCUT2D eigenvalue weighted by atomic mass is 10.1. The lowest BCUT2D eigenvalue weighted by Crippen LogP contribution is -2.12. The number of aryl methyl sites for hydroxylation is 2. The molecule has 0 aliphatic heterocycles. The zero-order valence-corrected chi connectivity index (χ0v) is 12.6. The Hall–Kier alpha value is -2.49. The third-order valence-corrected chi connectivity index (χ3v) is 3.34. The van der Waals surface area contributed by atoms with Gasteiger partial charge >= 0.3 is 0 Å². The molecular weight excluding hydrogens is 264 g/mol. The first kappa shape index (κ1) is 14.9. The number of amides is 1. The molecule has 3 N–H and O–H groups in total. The number of hydrogen-bond acceptors (Lipinski definition) is 3. The number of ether oxygens (including phenoxy) is 1. The van der Waals surface area contributed by atoms with Crippen molar-refractivity contribution < 1.29 is 9.53 Å². The maximum Gasteiger partial charge on any atom is 0.255 e. The number of nitrogens with two attached hydrogens (primary N) is 1. The van der Waals surface area contributed by atoms with Crippen molar-refractivity contribution in [1.82, 2.24) is 0 Å². The summed E-state index contributed by atoms with van der Waals surface area (Å²) in [7, 11) is 0. The monoisotopic (exact) mass is 284 g/mol. The van der Waals surface area contributed by atoms with Gasteiger partial charge in [0.2, 0.25) is 0 Å². The van der Waals surface area contributed by atoms with E-state index in [1.54, 1.807) is 18.2 Å².